The van der Waals surface area contributed by atoms with Crippen LogP contribution in [-0.2, 0) is 17.5 Å². The van der Waals surface area contributed by atoms with Crippen LogP contribution in [-0.4, -0.2) is 23.5 Å². The molecule has 0 saturated carbocycles. The lowest BCUT2D eigenvalue weighted by atomic mass is 10.2. The molecule has 1 aliphatic heterocycles. The van der Waals surface area contributed by atoms with Crippen LogP contribution in [0.2, 0.25) is 0 Å². The maximum absolute atomic E-state index is 12.8. The Morgan fingerprint density at radius 2 is 2.15 bits per heavy atom. The Balaban J connectivity index is 1.70. The fraction of sp³-hybridized carbons (Fsp3) is 0.333. The van der Waals surface area contributed by atoms with E-state index in [1.807, 2.05) is 0 Å². The Morgan fingerprint density at radius 3 is 2.88 bits per heavy atom. The first kappa shape index (κ1) is 18.2. The summed E-state index contributed by atoms with van der Waals surface area (Å²) in [7, 11) is 0. The standard InChI is InChI=1S/C18H18F3N3O2/c19-18(20,21)13-5-1-6-14(10-13)26-17-12(4-2-9-23-17)11-24-16(25)15-7-3-8-22-15/h1-2,4-6,9-10,15,22H,3,7-8,11H2,(H,24,25)/t15-/m0/s1. The summed E-state index contributed by atoms with van der Waals surface area (Å²) in [5.74, 6) is 0.0754. The van der Waals surface area contributed by atoms with Gasteiger partial charge < -0.3 is 15.4 Å². The summed E-state index contributed by atoms with van der Waals surface area (Å²) in [5.41, 5.74) is -0.218. The van der Waals surface area contributed by atoms with E-state index < -0.39 is 11.7 Å². The number of pyridine rings is 1. The molecule has 0 unspecified atom stereocenters. The summed E-state index contributed by atoms with van der Waals surface area (Å²) in [6.07, 6.45) is -1.23. The third-order valence-electron chi connectivity index (χ3n) is 4.06. The fourth-order valence-electron chi connectivity index (χ4n) is 2.71. The van der Waals surface area contributed by atoms with Crippen molar-refractivity contribution >= 4 is 5.91 Å². The van der Waals surface area contributed by atoms with E-state index in [9.17, 15) is 18.0 Å². The second-order valence-corrected chi connectivity index (χ2v) is 5.96. The first-order valence-electron chi connectivity index (χ1n) is 8.23. The van der Waals surface area contributed by atoms with Gasteiger partial charge in [0.15, 0.2) is 0 Å². The third-order valence-corrected chi connectivity index (χ3v) is 4.06. The van der Waals surface area contributed by atoms with Gasteiger partial charge in [-0.15, -0.1) is 0 Å². The molecular formula is C18H18F3N3O2. The van der Waals surface area contributed by atoms with Gasteiger partial charge in [-0.05, 0) is 43.7 Å². The zero-order valence-corrected chi connectivity index (χ0v) is 13.8. The summed E-state index contributed by atoms with van der Waals surface area (Å²) in [5, 5.41) is 5.90. The van der Waals surface area contributed by atoms with Crippen LogP contribution in [0.3, 0.4) is 0 Å². The number of alkyl halides is 3. The molecule has 0 bridgehead atoms. The van der Waals surface area contributed by atoms with Gasteiger partial charge >= 0.3 is 6.18 Å². The maximum atomic E-state index is 12.8. The van der Waals surface area contributed by atoms with Gasteiger partial charge in [0.05, 0.1) is 11.6 Å². The molecule has 0 radical (unpaired) electrons. The van der Waals surface area contributed by atoms with Crippen molar-refractivity contribution in [3.63, 3.8) is 0 Å². The number of ether oxygens (including phenoxy) is 1. The Labute approximate surface area is 148 Å². The lowest BCUT2D eigenvalue weighted by molar-refractivity contribution is -0.137. The van der Waals surface area contributed by atoms with Crippen LogP contribution in [0, 0.1) is 0 Å². The molecule has 5 nitrogen and oxygen atoms in total. The molecule has 1 aromatic heterocycles. The molecular weight excluding hydrogens is 347 g/mol. The number of carbonyl (C=O) groups is 1. The first-order chi connectivity index (χ1) is 12.4. The molecule has 1 aromatic carbocycles. The van der Waals surface area contributed by atoms with Crippen LogP contribution < -0.4 is 15.4 Å². The Bertz CT molecular complexity index is 774. The molecule has 0 spiro atoms. The molecule has 2 heterocycles. The normalized spacial score (nSPS) is 17.1. The number of nitrogens with one attached hydrogen (secondary N) is 2. The summed E-state index contributed by atoms with van der Waals surface area (Å²) < 4.78 is 44.0. The lowest BCUT2D eigenvalue weighted by Gasteiger charge is -2.14. The number of carbonyl (C=O) groups excluding carboxylic acids is 1. The minimum atomic E-state index is -4.45. The molecule has 1 amide bonds. The highest BCUT2D eigenvalue weighted by Crippen LogP contribution is 2.32. The average molecular weight is 365 g/mol. The van der Waals surface area contributed by atoms with E-state index in [-0.39, 0.29) is 30.1 Å². The summed E-state index contributed by atoms with van der Waals surface area (Å²) in [6.45, 7) is 0.994. The van der Waals surface area contributed by atoms with Crippen molar-refractivity contribution in [2.75, 3.05) is 6.54 Å². The van der Waals surface area contributed by atoms with E-state index in [1.54, 1.807) is 12.1 Å². The van der Waals surface area contributed by atoms with Crippen molar-refractivity contribution in [3.8, 4) is 11.6 Å². The maximum Gasteiger partial charge on any atom is 0.416 e. The molecule has 2 N–H and O–H groups in total. The number of benzene rings is 1. The third kappa shape index (κ3) is 4.51. The van der Waals surface area contributed by atoms with Crippen LogP contribution in [0.25, 0.3) is 0 Å². The van der Waals surface area contributed by atoms with Crippen molar-refractivity contribution in [1.29, 1.82) is 0 Å². The highest BCUT2D eigenvalue weighted by atomic mass is 19.4. The van der Waals surface area contributed by atoms with E-state index in [1.165, 1.54) is 18.3 Å². The Morgan fingerprint density at radius 1 is 1.31 bits per heavy atom. The minimum Gasteiger partial charge on any atom is -0.439 e. The van der Waals surface area contributed by atoms with Gasteiger partial charge in [-0.25, -0.2) is 4.98 Å². The monoisotopic (exact) mass is 365 g/mol. The molecule has 1 aliphatic rings. The van der Waals surface area contributed by atoms with Gasteiger partial charge in [0.2, 0.25) is 11.8 Å². The van der Waals surface area contributed by atoms with Crippen LogP contribution in [0.5, 0.6) is 11.6 Å². The summed E-state index contributed by atoms with van der Waals surface area (Å²) in [4.78, 5) is 16.2. The van der Waals surface area contributed by atoms with Gasteiger partial charge in [-0.1, -0.05) is 12.1 Å². The number of nitrogens with zero attached hydrogens (tertiary/aromatic N) is 1. The van der Waals surface area contributed by atoms with Crippen LogP contribution in [0.4, 0.5) is 13.2 Å². The predicted octanol–water partition coefficient (Wildman–Crippen LogP) is 3.26. The SMILES string of the molecule is O=C(NCc1cccnc1Oc1cccc(C(F)(F)F)c1)[C@@H]1CCCN1. The number of hydrogen-bond donors (Lipinski definition) is 2. The second-order valence-electron chi connectivity index (χ2n) is 5.96. The lowest BCUT2D eigenvalue weighted by Crippen LogP contribution is -2.40. The zero-order valence-electron chi connectivity index (χ0n) is 13.8. The molecule has 3 rings (SSSR count). The fourth-order valence-corrected chi connectivity index (χ4v) is 2.71. The van der Waals surface area contributed by atoms with E-state index in [4.69, 9.17) is 4.74 Å². The van der Waals surface area contributed by atoms with E-state index in [0.717, 1.165) is 31.5 Å². The second kappa shape index (κ2) is 7.74. The number of hydrogen-bond acceptors (Lipinski definition) is 4. The molecule has 138 valence electrons. The van der Waals surface area contributed by atoms with Crippen molar-refractivity contribution in [2.45, 2.75) is 31.6 Å². The van der Waals surface area contributed by atoms with Gasteiger partial charge in [0, 0.05) is 18.3 Å². The highest BCUT2D eigenvalue weighted by Gasteiger charge is 2.30. The van der Waals surface area contributed by atoms with Gasteiger partial charge in [-0.2, -0.15) is 13.2 Å². The van der Waals surface area contributed by atoms with E-state index >= 15 is 0 Å². The van der Waals surface area contributed by atoms with Crippen molar-refractivity contribution in [1.82, 2.24) is 15.6 Å². The topological polar surface area (TPSA) is 63.2 Å². The molecule has 26 heavy (non-hydrogen) atoms. The summed E-state index contributed by atoms with van der Waals surface area (Å²) >= 11 is 0. The van der Waals surface area contributed by atoms with Gasteiger partial charge in [0.1, 0.15) is 5.75 Å². The van der Waals surface area contributed by atoms with Crippen LogP contribution >= 0.6 is 0 Å². The molecule has 1 atom stereocenters. The minimum absolute atomic E-state index is 0.0311. The highest BCUT2D eigenvalue weighted by molar-refractivity contribution is 5.82. The Kier molecular flexibility index (Phi) is 5.41. The molecule has 8 heteroatoms. The smallest absolute Gasteiger partial charge is 0.416 e. The number of aromatic nitrogens is 1. The molecule has 1 saturated heterocycles. The number of halogens is 3. The largest absolute Gasteiger partial charge is 0.439 e. The first-order valence-corrected chi connectivity index (χ1v) is 8.23. The zero-order chi connectivity index (χ0) is 18.6. The van der Waals surface area contributed by atoms with Crippen molar-refractivity contribution in [2.24, 2.45) is 0 Å². The summed E-state index contributed by atoms with van der Waals surface area (Å²) in [6, 6.07) is 7.76. The van der Waals surface area contributed by atoms with Crippen molar-refractivity contribution < 1.29 is 22.7 Å². The predicted molar refractivity (Wildman–Crippen MR) is 88.6 cm³/mol. The van der Waals surface area contributed by atoms with Gasteiger partial charge in [-0.3, -0.25) is 4.79 Å². The van der Waals surface area contributed by atoms with Crippen LogP contribution in [0.1, 0.15) is 24.0 Å². The molecule has 1 fully saturated rings. The Hall–Kier alpha value is -2.61. The van der Waals surface area contributed by atoms with Gasteiger partial charge in [0.25, 0.3) is 0 Å². The average Bonchev–Trinajstić information content (AvgIpc) is 3.15. The quantitative estimate of drug-likeness (QED) is 0.854. The van der Waals surface area contributed by atoms with Crippen molar-refractivity contribution in [3.05, 3.63) is 53.7 Å². The van der Waals surface area contributed by atoms with E-state index in [0.29, 0.717) is 5.56 Å². The number of rotatable bonds is 5. The number of amides is 1. The van der Waals surface area contributed by atoms with E-state index in [2.05, 4.69) is 15.6 Å². The van der Waals surface area contributed by atoms with Crippen LogP contribution in [0.15, 0.2) is 42.6 Å². The molecule has 2 aromatic rings. The molecule has 0 aliphatic carbocycles.